The minimum absolute atomic E-state index is 0. The number of thioether (sulfide) groups is 1. The number of hydrogen-bond acceptors (Lipinski definition) is 4. The molecule has 0 aromatic heterocycles. The molecule has 6 nitrogen and oxygen atoms in total. The molecule has 0 unspecified atom stereocenters. The van der Waals surface area contributed by atoms with Crippen molar-refractivity contribution in [3.05, 3.63) is 59.1 Å². The van der Waals surface area contributed by atoms with Crippen LogP contribution in [0, 0.1) is 0 Å². The number of rotatable bonds is 7. The Morgan fingerprint density at radius 2 is 1.89 bits per heavy atom. The topological polar surface area (TPSA) is 96.6 Å². The van der Waals surface area contributed by atoms with E-state index in [1.54, 1.807) is 30.9 Å². The predicted molar refractivity (Wildman–Crippen MR) is 124 cm³/mol. The van der Waals surface area contributed by atoms with Crippen LogP contribution in [0.15, 0.2) is 63.3 Å². The average molecular weight is 541 g/mol. The molecule has 0 amide bonds. The Hall–Kier alpha value is -1.01. The van der Waals surface area contributed by atoms with E-state index in [2.05, 4.69) is 15.6 Å². The van der Waals surface area contributed by atoms with Crippen LogP contribution in [0.4, 0.5) is 0 Å². The monoisotopic (exact) mass is 540 g/mol. The van der Waals surface area contributed by atoms with Crippen molar-refractivity contribution in [2.75, 3.05) is 19.3 Å². The summed E-state index contributed by atoms with van der Waals surface area (Å²) in [5.41, 5.74) is 0.801. The molecule has 0 spiro atoms. The van der Waals surface area contributed by atoms with E-state index in [1.165, 1.54) is 6.07 Å². The average Bonchev–Trinajstić information content (AvgIpc) is 2.62. The lowest BCUT2D eigenvalue weighted by atomic mass is 10.2. The highest BCUT2D eigenvalue weighted by Gasteiger charge is 2.08. The number of nitrogens with zero attached hydrogens (tertiary/aromatic N) is 1. The van der Waals surface area contributed by atoms with Crippen molar-refractivity contribution < 1.29 is 8.42 Å². The van der Waals surface area contributed by atoms with Gasteiger partial charge >= 0.3 is 0 Å². The van der Waals surface area contributed by atoms with E-state index in [4.69, 9.17) is 16.7 Å². The number of nitrogens with two attached hydrogens (primary N) is 1. The molecule has 0 aliphatic carbocycles. The van der Waals surface area contributed by atoms with E-state index in [1.807, 2.05) is 30.3 Å². The van der Waals surface area contributed by atoms with E-state index in [0.29, 0.717) is 12.5 Å². The van der Waals surface area contributed by atoms with Crippen LogP contribution in [-0.2, 0) is 16.6 Å². The molecule has 4 N–H and O–H groups in total. The molecule has 0 fully saturated rings. The molecule has 27 heavy (non-hydrogen) atoms. The Bertz CT molecular complexity index is 861. The van der Waals surface area contributed by atoms with Crippen LogP contribution >= 0.6 is 47.3 Å². The predicted octanol–water partition coefficient (Wildman–Crippen LogP) is 3.06. The fraction of sp³-hybridized carbons (Fsp3) is 0.235. The molecule has 0 saturated carbocycles. The molecule has 148 valence electrons. The SMILES string of the molecule is CN=C(NCCSc1ccc(Cl)cc1)NCc1cccc(S(N)(=O)=O)c1.I. The molecule has 2 aromatic rings. The molecular formula is C17H22ClIN4O2S2. The summed E-state index contributed by atoms with van der Waals surface area (Å²) >= 11 is 7.58. The maximum atomic E-state index is 11.4. The van der Waals surface area contributed by atoms with Crippen molar-refractivity contribution in [3.63, 3.8) is 0 Å². The van der Waals surface area contributed by atoms with Crippen LogP contribution in [0.2, 0.25) is 5.02 Å². The Balaban J connectivity index is 0.00000364. The summed E-state index contributed by atoms with van der Waals surface area (Å²) in [6, 6.07) is 14.2. The zero-order valence-electron chi connectivity index (χ0n) is 14.7. The molecule has 10 heteroatoms. The lowest BCUT2D eigenvalue weighted by Crippen LogP contribution is -2.37. The summed E-state index contributed by atoms with van der Waals surface area (Å²) in [6.45, 7) is 1.16. The minimum atomic E-state index is -3.70. The van der Waals surface area contributed by atoms with E-state index < -0.39 is 10.0 Å². The fourth-order valence-electron chi connectivity index (χ4n) is 2.11. The van der Waals surface area contributed by atoms with Gasteiger partial charge in [-0.2, -0.15) is 0 Å². The molecule has 2 rings (SSSR count). The first kappa shape index (κ1) is 24.0. The number of aliphatic imine (C=N–C) groups is 1. The van der Waals surface area contributed by atoms with Gasteiger partial charge in [0.15, 0.2) is 5.96 Å². The van der Waals surface area contributed by atoms with Crippen LogP contribution in [0.25, 0.3) is 0 Å². The smallest absolute Gasteiger partial charge is 0.238 e. The summed E-state index contributed by atoms with van der Waals surface area (Å²) in [6.07, 6.45) is 0. The van der Waals surface area contributed by atoms with Crippen LogP contribution in [-0.4, -0.2) is 33.7 Å². The number of halogens is 2. The van der Waals surface area contributed by atoms with E-state index in [9.17, 15) is 8.42 Å². The maximum absolute atomic E-state index is 11.4. The van der Waals surface area contributed by atoms with E-state index in [-0.39, 0.29) is 28.9 Å². The Morgan fingerprint density at radius 3 is 2.52 bits per heavy atom. The van der Waals surface area contributed by atoms with Gasteiger partial charge in [-0.25, -0.2) is 13.6 Å². The molecule has 0 heterocycles. The summed E-state index contributed by atoms with van der Waals surface area (Å²) in [4.78, 5) is 5.40. The van der Waals surface area contributed by atoms with Gasteiger partial charge < -0.3 is 10.6 Å². The summed E-state index contributed by atoms with van der Waals surface area (Å²) < 4.78 is 22.8. The Morgan fingerprint density at radius 1 is 1.19 bits per heavy atom. The third-order valence-electron chi connectivity index (χ3n) is 3.39. The molecular weight excluding hydrogens is 519 g/mol. The van der Waals surface area contributed by atoms with Crippen LogP contribution < -0.4 is 15.8 Å². The quantitative estimate of drug-likeness (QED) is 0.165. The fourth-order valence-corrected chi connectivity index (χ4v) is 3.59. The maximum Gasteiger partial charge on any atom is 0.238 e. The first-order chi connectivity index (χ1) is 12.4. The van der Waals surface area contributed by atoms with Gasteiger partial charge in [0, 0.05) is 35.8 Å². The van der Waals surface area contributed by atoms with Crippen LogP contribution in [0.3, 0.4) is 0 Å². The second-order valence-corrected chi connectivity index (χ2v) is 8.51. The second kappa shape index (κ2) is 11.7. The molecule has 0 aliphatic rings. The van der Waals surface area contributed by atoms with Crippen LogP contribution in [0.5, 0.6) is 0 Å². The second-order valence-electron chi connectivity index (χ2n) is 5.35. The Labute approximate surface area is 186 Å². The first-order valence-electron chi connectivity index (χ1n) is 7.83. The molecule has 0 atom stereocenters. The zero-order valence-corrected chi connectivity index (χ0v) is 19.4. The third-order valence-corrected chi connectivity index (χ3v) is 5.56. The molecule has 0 radical (unpaired) electrons. The van der Waals surface area contributed by atoms with Crippen molar-refractivity contribution in [1.82, 2.24) is 10.6 Å². The van der Waals surface area contributed by atoms with E-state index >= 15 is 0 Å². The van der Waals surface area contributed by atoms with Crippen molar-refractivity contribution >= 4 is 63.3 Å². The van der Waals surface area contributed by atoms with Gasteiger partial charge in [0.2, 0.25) is 10.0 Å². The zero-order chi connectivity index (χ0) is 19.0. The van der Waals surface area contributed by atoms with Gasteiger partial charge in [-0.15, -0.1) is 35.7 Å². The summed E-state index contributed by atoms with van der Waals surface area (Å²) in [5, 5.41) is 12.2. The first-order valence-corrected chi connectivity index (χ1v) is 10.7. The molecule has 0 aliphatic heterocycles. The number of nitrogens with one attached hydrogen (secondary N) is 2. The largest absolute Gasteiger partial charge is 0.356 e. The lowest BCUT2D eigenvalue weighted by molar-refractivity contribution is 0.597. The van der Waals surface area contributed by atoms with Crippen molar-refractivity contribution in [3.8, 4) is 0 Å². The Kier molecular flexibility index (Phi) is 10.5. The van der Waals surface area contributed by atoms with Crippen molar-refractivity contribution in [2.45, 2.75) is 16.3 Å². The lowest BCUT2D eigenvalue weighted by Gasteiger charge is -2.12. The molecule has 2 aromatic carbocycles. The van der Waals surface area contributed by atoms with Gasteiger partial charge in [0.05, 0.1) is 4.90 Å². The molecule has 0 bridgehead atoms. The highest BCUT2D eigenvalue weighted by molar-refractivity contribution is 14.0. The van der Waals surface area contributed by atoms with Crippen LogP contribution in [0.1, 0.15) is 5.56 Å². The normalized spacial score (nSPS) is 11.6. The molecule has 0 saturated heterocycles. The number of sulfonamides is 1. The van der Waals surface area contributed by atoms with Gasteiger partial charge in [-0.3, -0.25) is 4.99 Å². The van der Waals surface area contributed by atoms with E-state index in [0.717, 1.165) is 27.8 Å². The highest BCUT2D eigenvalue weighted by atomic mass is 127. The van der Waals surface area contributed by atoms with Crippen molar-refractivity contribution in [1.29, 1.82) is 0 Å². The van der Waals surface area contributed by atoms with Gasteiger partial charge in [-0.1, -0.05) is 23.7 Å². The number of hydrogen-bond donors (Lipinski definition) is 3. The van der Waals surface area contributed by atoms with Gasteiger partial charge in [0.1, 0.15) is 0 Å². The standard InChI is InChI=1S/C17H21ClN4O2S2.HI/c1-20-17(21-9-10-25-15-7-5-14(18)6-8-15)22-12-13-3-2-4-16(11-13)26(19,23)24;/h2-8,11H,9-10,12H2,1H3,(H2,19,23,24)(H2,20,21,22);1H. The third kappa shape index (κ3) is 8.69. The number of guanidine groups is 1. The highest BCUT2D eigenvalue weighted by Crippen LogP contribution is 2.19. The van der Waals surface area contributed by atoms with Crippen molar-refractivity contribution in [2.24, 2.45) is 10.1 Å². The van der Waals surface area contributed by atoms with Gasteiger partial charge in [-0.05, 0) is 42.0 Å². The minimum Gasteiger partial charge on any atom is -0.356 e. The summed E-state index contributed by atoms with van der Waals surface area (Å²) in [5.74, 6) is 1.51. The van der Waals surface area contributed by atoms with Gasteiger partial charge in [0.25, 0.3) is 0 Å². The number of benzene rings is 2. The number of primary sulfonamides is 1. The summed E-state index contributed by atoms with van der Waals surface area (Å²) in [7, 11) is -2.02.